The van der Waals surface area contributed by atoms with Gasteiger partial charge in [0.25, 0.3) is 0 Å². The fourth-order valence-electron chi connectivity index (χ4n) is 3.28. The molecule has 0 bridgehead atoms. The molecule has 0 spiro atoms. The lowest BCUT2D eigenvalue weighted by molar-refractivity contribution is -0.116. The van der Waals surface area contributed by atoms with Gasteiger partial charge in [-0.2, -0.15) is 0 Å². The zero-order valence-corrected chi connectivity index (χ0v) is 17.8. The van der Waals surface area contributed by atoms with Crippen molar-refractivity contribution in [3.8, 4) is 5.75 Å². The maximum absolute atomic E-state index is 12.5. The van der Waals surface area contributed by atoms with Gasteiger partial charge in [-0.15, -0.1) is 0 Å². The summed E-state index contributed by atoms with van der Waals surface area (Å²) in [4.78, 5) is 12.5. The van der Waals surface area contributed by atoms with Crippen LogP contribution in [0.2, 0.25) is 0 Å². The van der Waals surface area contributed by atoms with Gasteiger partial charge in [0.15, 0.2) is 0 Å². The smallest absolute Gasteiger partial charge is 0.225 e. The Morgan fingerprint density at radius 1 is 0.964 bits per heavy atom. The van der Waals surface area contributed by atoms with E-state index in [1.54, 1.807) is 7.11 Å². The highest BCUT2D eigenvalue weighted by atomic mass is 16.5. The molecule has 152 valence electrons. The molecule has 0 unspecified atom stereocenters. The molecule has 0 saturated carbocycles. The van der Waals surface area contributed by atoms with E-state index in [2.05, 4.69) is 62.6 Å². The SMILES string of the molecule is COc1cccc(CCNCCC(=O)Nc2c(C(C)C)cccc2C(C)C)c1. The van der Waals surface area contributed by atoms with Gasteiger partial charge in [-0.25, -0.2) is 0 Å². The third kappa shape index (κ3) is 6.38. The first-order chi connectivity index (χ1) is 13.4. The molecule has 0 fully saturated rings. The van der Waals surface area contributed by atoms with Crippen molar-refractivity contribution >= 4 is 11.6 Å². The summed E-state index contributed by atoms with van der Waals surface area (Å²) in [7, 11) is 1.68. The van der Waals surface area contributed by atoms with Gasteiger partial charge in [0.2, 0.25) is 5.91 Å². The summed E-state index contributed by atoms with van der Waals surface area (Å²) >= 11 is 0. The predicted octanol–water partition coefficient (Wildman–Crippen LogP) is 5.10. The molecule has 0 radical (unpaired) electrons. The minimum atomic E-state index is 0.0591. The molecule has 2 rings (SSSR count). The normalized spacial score (nSPS) is 11.1. The maximum Gasteiger partial charge on any atom is 0.225 e. The average Bonchev–Trinajstić information content (AvgIpc) is 2.67. The van der Waals surface area contributed by atoms with Crippen molar-refractivity contribution in [2.75, 3.05) is 25.5 Å². The minimum absolute atomic E-state index is 0.0591. The minimum Gasteiger partial charge on any atom is -0.497 e. The second-order valence-electron chi connectivity index (χ2n) is 7.77. The third-order valence-electron chi connectivity index (χ3n) is 4.89. The number of anilines is 1. The van der Waals surface area contributed by atoms with Crippen LogP contribution in [0.5, 0.6) is 5.75 Å². The zero-order valence-electron chi connectivity index (χ0n) is 17.8. The highest BCUT2D eigenvalue weighted by molar-refractivity contribution is 5.92. The summed E-state index contributed by atoms with van der Waals surface area (Å²) in [5.74, 6) is 1.68. The van der Waals surface area contributed by atoms with E-state index in [9.17, 15) is 4.79 Å². The van der Waals surface area contributed by atoms with Crippen LogP contribution in [0.4, 0.5) is 5.69 Å². The number of rotatable bonds is 10. The van der Waals surface area contributed by atoms with Crippen molar-refractivity contribution in [2.45, 2.75) is 52.4 Å². The van der Waals surface area contributed by atoms with E-state index >= 15 is 0 Å². The van der Waals surface area contributed by atoms with Gasteiger partial charge in [-0.3, -0.25) is 4.79 Å². The quantitative estimate of drug-likeness (QED) is 0.562. The average molecular weight is 383 g/mol. The Bertz CT molecular complexity index is 743. The van der Waals surface area contributed by atoms with Crippen molar-refractivity contribution < 1.29 is 9.53 Å². The van der Waals surface area contributed by atoms with Crippen LogP contribution in [-0.4, -0.2) is 26.1 Å². The summed E-state index contributed by atoms with van der Waals surface area (Å²) in [6.07, 6.45) is 1.37. The van der Waals surface area contributed by atoms with Gasteiger partial charge in [0.1, 0.15) is 5.75 Å². The molecular weight excluding hydrogens is 348 g/mol. The van der Waals surface area contributed by atoms with E-state index < -0.39 is 0 Å². The van der Waals surface area contributed by atoms with Crippen molar-refractivity contribution in [2.24, 2.45) is 0 Å². The number of carbonyl (C=O) groups is 1. The molecule has 2 N–H and O–H groups in total. The van der Waals surface area contributed by atoms with Crippen LogP contribution in [0, 0.1) is 0 Å². The molecule has 4 nitrogen and oxygen atoms in total. The Kier molecular flexibility index (Phi) is 8.52. The van der Waals surface area contributed by atoms with Gasteiger partial charge in [-0.05, 0) is 53.6 Å². The largest absolute Gasteiger partial charge is 0.497 e. The molecule has 0 aliphatic rings. The lowest BCUT2D eigenvalue weighted by Crippen LogP contribution is -2.24. The Hall–Kier alpha value is -2.33. The van der Waals surface area contributed by atoms with Crippen molar-refractivity contribution in [3.05, 3.63) is 59.2 Å². The lowest BCUT2D eigenvalue weighted by Gasteiger charge is -2.20. The van der Waals surface area contributed by atoms with Crippen LogP contribution >= 0.6 is 0 Å². The highest BCUT2D eigenvalue weighted by Crippen LogP contribution is 2.32. The van der Waals surface area contributed by atoms with Crippen LogP contribution in [-0.2, 0) is 11.2 Å². The van der Waals surface area contributed by atoms with Crippen molar-refractivity contribution in [1.82, 2.24) is 5.32 Å². The molecule has 0 atom stereocenters. The molecule has 1 amide bonds. The number of amides is 1. The topological polar surface area (TPSA) is 50.4 Å². The molecule has 0 aliphatic heterocycles. The molecular formula is C24H34N2O2. The number of hydrogen-bond acceptors (Lipinski definition) is 3. The van der Waals surface area contributed by atoms with Crippen LogP contribution in [0.1, 0.15) is 62.6 Å². The number of nitrogens with one attached hydrogen (secondary N) is 2. The van der Waals surface area contributed by atoms with Crippen molar-refractivity contribution in [3.63, 3.8) is 0 Å². The van der Waals surface area contributed by atoms with Crippen LogP contribution in [0.25, 0.3) is 0 Å². The number of carbonyl (C=O) groups excluding carboxylic acids is 1. The molecule has 0 aromatic heterocycles. The van der Waals surface area contributed by atoms with E-state index in [-0.39, 0.29) is 5.91 Å². The Morgan fingerprint density at radius 2 is 1.61 bits per heavy atom. The monoisotopic (exact) mass is 382 g/mol. The Balaban J connectivity index is 1.84. The second kappa shape index (κ2) is 10.9. The molecule has 28 heavy (non-hydrogen) atoms. The number of hydrogen-bond donors (Lipinski definition) is 2. The van der Waals surface area contributed by atoms with Crippen LogP contribution in [0.15, 0.2) is 42.5 Å². The summed E-state index contributed by atoms with van der Waals surface area (Å²) in [5, 5.41) is 6.53. The molecule has 0 aliphatic carbocycles. The summed E-state index contributed by atoms with van der Waals surface area (Å²) in [6.45, 7) is 10.1. The fourth-order valence-corrected chi connectivity index (χ4v) is 3.28. The standard InChI is InChI=1S/C24H34N2O2/c1-17(2)21-10-7-11-22(18(3)4)24(21)26-23(27)13-15-25-14-12-19-8-6-9-20(16-19)28-5/h6-11,16-18,25H,12-15H2,1-5H3,(H,26,27). The predicted molar refractivity (Wildman–Crippen MR) is 117 cm³/mol. The van der Waals surface area contributed by atoms with Gasteiger partial charge in [-0.1, -0.05) is 58.0 Å². The molecule has 0 saturated heterocycles. The molecule has 2 aromatic carbocycles. The Labute approximate surface area is 169 Å². The van der Waals surface area contributed by atoms with Crippen LogP contribution in [0.3, 0.4) is 0 Å². The van der Waals surface area contributed by atoms with E-state index in [1.807, 2.05) is 18.2 Å². The van der Waals surface area contributed by atoms with Gasteiger partial charge in [0.05, 0.1) is 7.11 Å². The number of methoxy groups -OCH3 is 1. The number of ether oxygens (including phenoxy) is 1. The van der Waals surface area contributed by atoms with Crippen LogP contribution < -0.4 is 15.4 Å². The first-order valence-corrected chi connectivity index (χ1v) is 10.2. The molecule has 4 heteroatoms. The highest BCUT2D eigenvalue weighted by Gasteiger charge is 2.15. The second-order valence-corrected chi connectivity index (χ2v) is 7.77. The van der Waals surface area contributed by atoms with Gasteiger partial charge in [0, 0.05) is 18.7 Å². The number of para-hydroxylation sites is 1. The van der Waals surface area contributed by atoms with Gasteiger partial charge < -0.3 is 15.4 Å². The summed E-state index contributed by atoms with van der Waals surface area (Å²) in [6, 6.07) is 14.4. The zero-order chi connectivity index (χ0) is 20.5. The Morgan fingerprint density at radius 3 is 2.21 bits per heavy atom. The molecule has 0 heterocycles. The van der Waals surface area contributed by atoms with E-state index in [1.165, 1.54) is 16.7 Å². The summed E-state index contributed by atoms with van der Waals surface area (Å²) in [5.41, 5.74) is 4.62. The van der Waals surface area contributed by atoms with E-state index in [4.69, 9.17) is 4.74 Å². The van der Waals surface area contributed by atoms with E-state index in [0.29, 0.717) is 24.8 Å². The fraction of sp³-hybridized carbons (Fsp3) is 0.458. The van der Waals surface area contributed by atoms with Crippen molar-refractivity contribution in [1.29, 1.82) is 0 Å². The third-order valence-corrected chi connectivity index (χ3v) is 4.89. The van der Waals surface area contributed by atoms with E-state index in [0.717, 1.165) is 24.4 Å². The number of benzene rings is 2. The molecule has 2 aromatic rings. The first-order valence-electron chi connectivity index (χ1n) is 10.2. The first kappa shape index (κ1) is 22.0. The summed E-state index contributed by atoms with van der Waals surface area (Å²) < 4.78 is 5.25. The lowest BCUT2D eigenvalue weighted by atomic mass is 9.92. The maximum atomic E-state index is 12.5. The van der Waals surface area contributed by atoms with Gasteiger partial charge >= 0.3 is 0 Å².